The molecule has 0 spiro atoms. The molecule has 0 aromatic heterocycles. The first-order valence-corrected chi connectivity index (χ1v) is 7.51. The second kappa shape index (κ2) is 10.2. The van der Waals surface area contributed by atoms with Crippen molar-refractivity contribution in [2.24, 2.45) is 17.6 Å². The quantitative estimate of drug-likeness (QED) is 0.586. The molecule has 0 bridgehead atoms. The van der Waals surface area contributed by atoms with E-state index in [0.29, 0.717) is 5.92 Å². The monoisotopic (exact) mass is 257 g/mol. The van der Waals surface area contributed by atoms with Gasteiger partial charge in [-0.2, -0.15) is 0 Å². The minimum absolute atomic E-state index is 0.00495. The molecule has 108 valence electrons. The molecular formula is C15H31NO2. The predicted molar refractivity (Wildman–Crippen MR) is 76.5 cm³/mol. The summed E-state index contributed by atoms with van der Waals surface area (Å²) in [6.07, 6.45) is 7.30. The minimum Gasteiger partial charge on any atom is -0.446 e. The van der Waals surface area contributed by atoms with Crippen molar-refractivity contribution in [1.29, 1.82) is 0 Å². The molecule has 3 heteroatoms. The Morgan fingerprint density at radius 1 is 1.17 bits per heavy atom. The van der Waals surface area contributed by atoms with E-state index in [0.717, 1.165) is 25.2 Å². The van der Waals surface area contributed by atoms with Crippen LogP contribution in [0.1, 0.15) is 72.6 Å². The molecule has 0 aliphatic rings. The molecule has 0 saturated heterocycles. The summed E-state index contributed by atoms with van der Waals surface area (Å²) in [4.78, 5) is 11.0. The summed E-state index contributed by atoms with van der Waals surface area (Å²) in [6.45, 7) is 8.80. The molecule has 0 aromatic carbocycles. The predicted octanol–water partition coefficient (Wildman–Crippen LogP) is 4.49. The first kappa shape index (κ1) is 17.3. The van der Waals surface area contributed by atoms with Crippen LogP contribution in [0.4, 0.5) is 4.79 Å². The van der Waals surface area contributed by atoms with Crippen molar-refractivity contribution in [1.82, 2.24) is 0 Å². The van der Waals surface area contributed by atoms with Crippen LogP contribution >= 0.6 is 0 Å². The molecule has 0 aromatic rings. The van der Waals surface area contributed by atoms with Crippen molar-refractivity contribution >= 4 is 6.09 Å². The Hall–Kier alpha value is -0.730. The Bertz CT molecular complexity index is 215. The fourth-order valence-corrected chi connectivity index (χ4v) is 2.50. The summed E-state index contributed by atoms with van der Waals surface area (Å²) in [7, 11) is 0. The molecule has 2 N–H and O–H groups in total. The molecule has 0 heterocycles. The van der Waals surface area contributed by atoms with Gasteiger partial charge in [0.15, 0.2) is 0 Å². The molecule has 0 saturated carbocycles. The molecule has 0 fully saturated rings. The van der Waals surface area contributed by atoms with Gasteiger partial charge in [-0.3, -0.25) is 0 Å². The highest BCUT2D eigenvalue weighted by Crippen LogP contribution is 2.25. The van der Waals surface area contributed by atoms with Gasteiger partial charge in [0.05, 0.1) is 0 Å². The van der Waals surface area contributed by atoms with Crippen molar-refractivity contribution in [3.05, 3.63) is 0 Å². The number of carbonyl (C=O) groups excluding carboxylic acids is 1. The van der Waals surface area contributed by atoms with Crippen LogP contribution in [0.15, 0.2) is 0 Å². The molecule has 0 aliphatic carbocycles. The van der Waals surface area contributed by atoms with E-state index in [1.165, 1.54) is 25.7 Å². The Kier molecular flexibility index (Phi) is 9.80. The molecule has 1 amide bonds. The second-order valence-corrected chi connectivity index (χ2v) is 5.37. The van der Waals surface area contributed by atoms with Gasteiger partial charge in [0.2, 0.25) is 0 Å². The molecule has 18 heavy (non-hydrogen) atoms. The van der Waals surface area contributed by atoms with Crippen LogP contribution in [0.25, 0.3) is 0 Å². The van der Waals surface area contributed by atoms with E-state index in [2.05, 4.69) is 27.7 Å². The van der Waals surface area contributed by atoms with Gasteiger partial charge in [-0.15, -0.1) is 0 Å². The van der Waals surface area contributed by atoms with Crippen LogP contribution in [0.2, 0.25) is 0 Å². The molecule has 3 nitrogen and oxygen atoms in total. The zero-order chi connectivity index (χ0) is 14.0. The topological polar surface area (TPSA) is 52.3 Å². The highest BCUT2D eigenvalue weighted by Gasteiger charge is 2.22. The van der Waals surface area contributed by atoms with E-state index in [1.807, 2.05) is 0 Å². The summed E-state index contributed by atoms with van der Waals surface area (Å²) >= 11 is 0. The number of carbonyl (C=O) groups is 1. The average Bonchev–Trinajstić information content (AvgIpc) is 2.34. The van der Waals surface area contributed by atoms with Crippen molar-refractivity contribution in [2.45, 2.75) is 78.7 Å². The van der Waals surface area contributed by atoms with E-state index in [1.54, 1.807) is 0 Å². The van der Waals surface area contributed by atoms with Crippen LogP contribution in [0.3, 0.4) is 0 Å². The fourth-order valence-electron chi connectivity index (χ4n) is 2.50. The average molecular weight is 257 g/mol. The molecule has 2 atom stereocenters. The Morgan fingerprint density at radius 2 is 1.78 bits per heavy atom. The second-order valence-electron chi connectivity index (χ2n) is 5.37. The Morgan fingerprint density at radius 3 is 2.22 bits per heavy atom. The normalized spacial score (nSPS) is 14.5. The molecule has 0 radical (unpaired) electrons. The third-order valence-electron chi connectivity index (χ3n) is 3.85. The zero-order valence-electron chi connectivity index (χ0n) is 12.6. The van der Waals surface area contributed by atoms with Crippen molar-refractivity contribution < 1.29 is 9.53 Å². The Balaban J connectivity index is 4.28. The van der Waals surface area contributed by atoms with Crippen molar-refractivity contribution in [3.8, 4) is 0 Å². The molecular weight excluding hydrogens is 226 g/mol. The van der Waals surface area contributed by atoms with Gasteiger partial charge in [0, 0.05) is 0 Å². The van der Waals surface area contributed by atoms with Gasteiger partial charge in [-0.05, 0) is 31.1 Å². The maximum atomic E-state index is 11.0. The number of unbranched alkanes of at least 4 members (excludes halogenated alkanes) is 2. The van der Waals surface area contributed by atoms with Crippen LogP contribution in [0.5, 0.6) is 0 Å². The maximum absolute atomic E-state index is 11.0. The van der Waals surface area contributed by atoms with E-state index in [4.69, 9.17) is 10.5 Å². The van der Waals surface area contributed by atoms with Crippen LogP contribution in [-0.2, 0) is 4.74 Å². The van der Waals surface area contributed by atoms with Gasteiger partial charge < -0.3 is 10.5 Å². The van der Waals surface area contributed by atoms with Crippen molar-refractivity contribution in [3.63, 3.8) is 0 Å². The minimum atomic E-state index is -0.632. The summed E-state index contributed by atoms with van der Waals surface area (Å²) in [6, 6.07) is 0. The van der Waals surface area contributed by atoms with Crippen LogP contribution in [0, 0.1) is 11.8 Å². The standard InChI is InChI=1S/C15H31NO2/c1-5-8-9-10-14(18-15(16)17)12(4)11-13(6-2)7-3/h12-14H,5-11H2,1-4H3,(H2,16,17). The van der Waals surface area contributed by atoms with Gasteiger partial charge in [0.25, 0.3) is 0 Å². The number of ether oxygens (including phenoxy) is 1. The smallest absolute Gasteiger partial charge is 0.404 e. The first-order chi connectivity index (χ1) is 8.54. The lowest BCUT2D eigenvalue weighted by Gasteiger charge is -2.26. The van der Waals surface area contributed by atoms with Gasteiger partial charge in [-0.1, -0.05) is 53.4 Å². The summed E-state index contributed by atoms with van der Waals surface area (Å²) in [5, 5.41) is 0. The summed E-state index contributed by atoms with van der Waals surface area (Å²) in [5.74, 6) is 1.13. The first-order valence-electron chi connectivity index (χ1n) is 7.51. The van der Waals surface area contributed by atoms with E-state index < -0.39 is 6.09 Å². The maximum Gasteiger partial charge on any atom is 0.404 e. The molecule has 0 aliphatic heterocycles. The summed E-state index contributed by atoms with van der Waals surface area (Å²) in [5.41, 5.74) is 5.17. The number of hydrogen-bond donors (Lipinski definition) is 1. The lowest BCUT2D eigenvalue weighted by molar-refractivity contribution is 0.0571. The van der Waals surface area contributed by atoms with E-state index in [-0.39, 0.29) is 6.10 Å². The van der Waals surface area contributed by atoms with Crippen molar-refractivity contribution in [2.75, 3.05) is 0 Å². The largest absolute Gasteiger partial charge is 0.446 e. The number of nitrogens with two attached hydrogens (primary N) is 1. The SMILES string of the molecule is CCCCCC(OC(N)=O)C(C)CC(CC)CC. The fraction of sp³-hybridized carbons (Fsp3) is 0.933. The van der Waals surface area contributed by atoms with Crippen LogP contribution < -0.4 is 5.73 Å². The summed E-state index contributed by atoms with van der Waals surface area (Å²) < 4.78 is 5.29. The lowest BCUT2D eigenvalue weighted by Crippen LogP contribution is -2.29. The third kappa shape index (κ3) is 7.57. The number of primary amides is 1. The van der Waals surface area contributed by atoms with Crippen LogP contribution in [-0.4, -0.2) is 12.2 Å². The van der Waals surface area contributed by atoms with Gasteiger partial charge in [-0.25, -0.2) is 4.79 Å². The van der Waals surface area contributed by atoms with E-state index >= 15 is 0 Å². The molecule has 0 rings (SSSR count). The number of hydrogen-bond acceptors (Lipinski definition) is 2. The number of amides is 1. The third-order valence-corrected chi connectivity index (χ3v) is 3.85. The van der Waals surface area contributed by atoms with Gasteiger partial charge in [0.1, 0.15) is 6.10 Å². The van der Waals surface area contributed by atoms with Gasteiger partial charge >= 0.3 is 6.09 Å². The van der Waals surface area contributed by atoms with E-state index in [9.17, 15) is 4.79 Å². The Labute approximate surface area is 112 Å². The zero-order valence-corrected chi connectivity index (χ0v) is 12.6. The lowest BCUT2D eigenvalue weighted by atomic mass is 9.87. The number of rotatable bonds is 10. The molecule has 2 unspecified atom stereocenters. The highest BCUT2D eigenvalue weighted by molar-refractivity contribution is 5.64. The highest BCUT2D eigenvalue weighted by atomic mass is 16.6.